The second kappa shape index (κ2) is 15.2. The number of aliphatic hydroxyl groups excluding tert-OH is 1. The van der Waals surface area contributed by atoms with E-state index in [4.69, 9.17) is 4.74 Å². The smallest absolute Gasteiger partial charge is 0.337 e. The molecule has 0 radical (unpaired) electrons. The number of carbonyl (C=O) groups excluding carboxylic acids is 1. The van der Waals surface area contributed by atoms with Crippen LogP contribution in [0.4, 0.5) is 0 Å². The topological polar surface area (TPSA) is 58.6 Å². The number of methoxy groups -OCH3 is 1. The maximum Gasteiger partial charge on any atom is 0.337 e. The number of rotatable bonds is 5. The molecule has 0 heterocycles. The van der Waals surface area contributed by atoms with Crippen LogP contribution in [0.25, 0.3) is 5.57 Å². The van der Waals surface area contributed by atoms with Gasteiger partial charge in [-0.15, -0.1) is 32.3 Å². The SMILES string of the molecule is C#C.C#C.C=CC.COC(=O)c1ccc(C2=CC[C@@]3(C)C(CC[C@]4(C)C3CC[C@@H]3C5CCC[C@]5(NCCO)CC[C@]34C)C2(C)C)cc1. The molecule has 0 bridgehead atoms. The molecule has 0 amide bonds. The van der Waals surface area contributed by atoms with Gasteiger partial charge in [0.05, 0.1) is 19.3 Å². The Bertz CT molecular complexity index is 1300. The molecule has 4 heteroatoms. The summed E-state index contributed by atoms with van der Waals surface area (Å²) in [6.45, 7) is 19.3. The largest absolute Gasteiger partial charge is 0.465 e. The molecule has 5 aliphatic rings. The zero-order chi connectivity index (χ0) is 35.3. The van der Waals surface area contributed by atoms with Crippen LogP contribution in [0.1, 0.15) is 122 Å². The maximum atomic E-state index is 12.0. The molecule has 5 aliphatic carbocycles. The van der Waals surface area contributed by atoms with Crippen LogP contribution in [0.2, 0.25) is 0 Å². The van der Waals surface area contributed by atoms with Gasteiger partial charge in [-0.05, 0) is 133 Å². The summed E-state index contributed by atoms with van der Waals surface area (Å²) in [7, 11) is 1.44. The highest BCUT2D eigenvalue weighted by atomic mass is 16.5. The molecule has 4 nitrogen and oxygen atoms in total. The Morgan fingerprint density at radius 2 is 1.55 bits per heavy atom. The standard InChI is InChI=1S/C36H53NO3.C3H6.2C2H2/c1-32(2)26(24-9-11-25(12-10-24)31(39)40-6)15-18-33(3)29(32)16-19-35(5)30(33)14-13-27-28-8-7-17-36(28,37-22-23-38)21-20-34(27,35)4;1-3-2;2*1-2/h9-12,15,27-30,37-38H,7-8,13-14,16-23H2,1-6H3;3H,1H2,2H3;2*1-2H/t27-,28?,29?,30?,33+,34-,35-,36+;;;/m1.../s1. The number of nitrogens with one attached hydrogen (secondary N) is 1. The van der Waals surface area contributed by atoms with Crippen LogP contribution in [0.15, 0.2) is 43.0 Å². The number of β-amino-alcohol motifs (C(OH)–C–C–N with tert-alkyl or cyclic N) is 1. The van der Waals surface area contributed by atoms with Crippen molar-refractivity contribution in [1.29, 1.82) is 0 Å². The number of esters is 1. The minimum Gasteiger partial charge on any atom is -0.465 e. The number of fused-ring (bicyclic) bond motifs is 7. The van der Waals surface area contributed by atoms with Crippen LogP contribution >= 0.6 is 0 Å². The number of ether oxygens (including phenoxy) is 1. The lowest BCUT2D eigenvalue weighted by molar-refractivity contribution is -0.217. The van der Waals surface area contributed by atoms with Crippen molar-refractivity contribution in [3.8, 4) is 25.7 Å². The number of carbonyl (C=O) groups is 1. The van der Waals surface area contributed by atoms with E-state index in [2.05, 4.69) is 90.4 Å². The predicted octanol–water partition coefficient (Wildman–Crippen LogP) is 9.35. The first-order chi connectivity index (χ1) is 22.4. The van der Waals surface area contributed by atoms with Gasteiger partial charge in [-0.25, -0.2) is 4.79 Å². The number of hydrogen-bond acceptors (Lipinski definition) is 4. The van der Waals surface area contributed by atoms with Crippen molar-refractivity contribution in [3.05, 3.63) is 54.1 Å². The molecule has 6 rings (SSSR count). The van der Waals surface area contributed by atoms with Crippen molar-refractivity contribution in [2.45, 2.75) is 111 Å². The number of allylic oxidation sites excluding steroid dienone is 3. The molecule has 3 unspecified atom stereocenters. The van der Waals surface area contributed by atoms with Crippen molar-refractivity contribution in [2.24, 2.45) is 45.3 Å². The van der Waals surface area contributed by atoms with Crippen molar-refractivity contribution in [1.82, 2.24) is 5.32 Å². The van der Waals surface area contributed by atoms with Crippen molar-refractivity contribution < 1.29 is 14.6 Å². The first-order valence-corrected chi connectivity index (χ1v) is 17.9. The van der Waals surface area contributed by atoms with E-state index < -0.39 is 0 Å². The molecule has 0 aliphatic heterocycles. The molecule has 2 N–H and O–H groups in total. The molecule has 0 saturated heterocycles. The predicted molar refractivity (Wildman–Crippen MR) is 197 cm³/mol. The van der Waals surface area contributed by atoms with E-state index in [0.29, 0.717) is 27.7 Å². The normalized spacial score (nSPS) is 37.4. The molecule has 4 saturated carbocycles. The number of aliphatic hydroxyl groups is 1. The molecule has 0 aromatic heterocycles. The van der Waals surface area contributed by atoms with Gasteiger partial charge in [0, 0.05) is 12.1 Å². The van der Waals surface area contributed by atoms with Crippen molar-refractivity contribution >= 4 is 11.5 Å². The summed E-state index contributed by atoms with van der Waals surface area (Å²) < 4.78 is 4.93. The third-order valence-electron chi connectivity index (χ3n) is 14.1. The Morgan fingerprint density at radius 1 is 0.915 bits per heavy atom. The van der Waals surface area contributed by atoms with Crippen LogP contribution in [0.3, 0.4) is 0 Å². The Labute approximate surface area is 287 Å². The van der Waals surface area contributed by atoms with E-state index in [0.717, 1.165) is 30.7 Å². The summed E-state index contributed by atoms with van der Waals surface area (Å²) in [6, 6.07) is 8.10. The summed E-state index contributed by atoms with van der Waals surface area (Å²) in [5, 5.41) is 13.5. The molecule has 47 heavy (non-hydrogen) atoms. The molecule has 0 spiro atoms. The molecular formula is C43H63NO3. The second-order valence-corrected chi connectivity index (χ2v) is 16.0. The van der Waals surface area contributed by atoms with Gasteiger partial charge in [-0.3, -0.25) is 0 Å². The molecule has 8 atom stereocenters. The third-order valence-corrected chi connectivity index (χ3v) is 14.1. The van der Waals surface area contributed by atoms with Gasteiger partial charge in [0.1, 0.15) is 0 Å². The van der Waals surface area contributed by atoms with Crippen LogP contribution in [0.5, 0.6) is 0 Å². The summed E-state index contributed by atoms with van der Waals surface area (Å²) >= 11 is 0. The Balaban J connectivity index is 0.000000799. The monoisotopic (exact) mass is 641 g/mol. The van der Waals surface area contributed by atoms with Gasteiger partial charge in [0.25, 0.3) is 0 Å². The fraction of sp³-hybridized carbons (Fsp3) is 0.651. The highest BCUT2D eigenvalue weighted by Crippen LogP contribution is 2.76. The average Bonchev–Trinajstić information content (AvgIpc) is 3.50. The van der Waals surface area contributed by atoms with Crippen LogP contribution in [-0.4, -0.2) is 36.9 Å². The van der Waals surface area contributed by atoms with E-state index >= 15 is 0 Å². The van der Waals surface area contributed by atoms with E-state index in [-0.39, 0.29) is 23.5 Å². The third kappa shape index (κ3) is 6.27. The fourth-order valence-electron chi connectivity index (χ4n) is 12.2. The van der Waals surface area contributed by atoms with Crippen molar-refractivity contribution in [3.63, 3.8) is 0 Å². The van der Waals surface area contributed by atoms with Gasteiger partial charge < -0.3 is 15.2 Å². The number of terminal acetylenes is 2. The minimum atomic E-state index is -0.270. The van der Waals surface area contributed by atoms with E-state index in [1.165, 1.54) is 76.0 Å². The Morgan fingerprint density at radius 3 is 2.15 bits per heavy atom. The molecule has 1 aromatic carbocycles. The van der Waals surface area contributed by atoms with Gasteiger partial charge in [-0.2, -0.15) is 0 Å². The highest BCUT2D eigenvalue weighted by molar-refractivity contribution is 5.89. The first kappa shape index (κ1) is 38.7. The summed E-state index contributed by atoms with van der Waals surface area (Å²) in [4.78, 5) is 12.0. The van der Waals surface area contributed by atoms with Crippen molar-refractivity contribution in [2.75, 3.05) is 20.3 Å². The quantitative estimate of drug-likeness (QED) is 0.191. The zero-order valence-corrected chi connectivity index (χ0v) is 30.5. The fourth-order valence-corrected chi connectivity index (χ4v) is 12.2. The lowest BCUT2D eigenvalue weighted by Crippen LogP contribution is -2.67. The molecule has 4 fully saturated rings. The second-order valence-electron chi connectivity index (χ2n) is 16.0. The average molecular weight is 642 g/mol. The Hall–Kier alpha value is -2.79. The summed E-state index contributed by atoms with van der Waals surface area (Å²) in [6.07, 6.45) is 33.5. The first-order valence-electron chi connectivity index (χ1n) is 17.9. The number of benzene rings is 1. The molecule has 1 aromatic rings. The van der Waals surface area contributed by atoms with E-state index in [1.807, 2.05) is 19.1 Å². The van der Waals surface area contributed by atoms with Crippen LogP contribution in [-0.2, 0) is 4.74 Å². The summed E-state index contributed by atoms with van der Waals surface area (Å²) in [5.41, 5.74) is 4.75. The maximum absolute atomic E-state index is 12.0. The highest BCUT2D eigenvalue weighted by Gasteiger charge is 2.69. The van der Waals surface area contributed by atoms with E-state index in [9.17, 15) is 9.90 Å². The molecular weight excluding hydrogens is 578 g/mol. The van der Waals surface area contributed by atoms with Crippen LogP contribution in [0, 0.1) is 71.0 Å². The lowest BCUT2D eigenvalue weighted by Gasteiger charge is -2.72. The van der Waals surface area contributed by atoms with Gasteiger partial charge in [0.2, 0.25) is 0 Å². The van der Waals surface area contributed by atoms with Gasteiger partial charge in [0.15, 0.2) is 0 Å². The number of hydrogen-bond donors (Lipinski definition) is 2. The summed E-state index contributed by atoms with van der Waals surface area (Å²) in [5.74, 6) is 2.70. The minimum absolute atomic E-state index is 0.0836. The van der Waals surface area contributed by atoms with E-state index in [1.54, 1.807) is 6.08 Å². The van der Waals surface area contributed by atoms with Gasteiger partial charge in [-0.1, -0.05) is 65.3 Å². The van der Waals surface area contributed by atoms with Crippen LogP contribution < -0.4 is 5.32 Å². The zero-order valence-electron chi connectivity index (χ0n) is 30.5. The Kier molecular flexibility index (Phi) is 12.5. The van der Waals surface area contributed by atoms with Gasteiger partial charge >= 0.3 is 5.97 Å². The lowest BCUT2D eigenvalue weighted by atomic mass is 9.33. The molecule has 258 valence electrons.